The van der Waals surface area contributed by atoms with Crippen molar-refractivity contribution in [3.8, 4) is 5.75 Å². The summed E-state index contributed by atoms with van der Waals surface area (Å²) in [7, 11) is 1.47. The number of carbonyl (C=O) groups excluding carboxylic acids is 1. The Balaban J connectivity index is 2.09. The van der Waals surface area contributed by atoms with Gasteiger partial charge in [-0.2, -0.15) is 0 Å². The standard InChI is InChI=1S/C16H19NO4/c1-21-12-7-8-14(13(10-12)16(19)20)17-15(18)9-11-5-3-2-4-6-11/h5,7-8,10H,2-4,6,9H2,1H3,(H,17,18)(H,19,20). The third kappa shape index (κ3) is 4.08. The summed E-state index contributed by atoms with van der Waals surface area (Å²) in [4.78, 5) is 23.3. The van der Waals surface area contributed by atoms with E-state index in [1.54, 1.807) is 12.1 Å². The van der Waals surface area contributed by atoms with Crippen LogP contribution in [-0.4, -0.2) is 24.1 Å². The lowest BCUT2D eigenvalue weighted by Gasteiger charge is -2.14. The number of hydrogen-bond acceptors (Lipinski definition) is 3. The number of rotatable bonds is 5. The Hall–Kier alpha value is -2.30. The van der Waals surface area contributed by atoms with Crippen LogP contribution in [0, 0.1) is 0 Å². The first kappa shape index (κ1) is 15.1. The fraction of sp³-hybridized carbons (Fsp3) is 0.375. The van der Waals surface area contributed by atoms with Gasteiger partial charge in [-0.15, -0.1) is 0 Å². The van der Waals surface area contributed by atoms with Crippen molar-refractivity contribution in [3.63, 3.8) is 0 Å². The average molecular weight is 289 g/mol. The van der Waals surface area contributed by atoms with Gasteiger partial charge in [-0.05, 0) is 43.9 Å². The SMILES string of the molecule is COc1ccc(NC(=O)CC2=CCCCC2)c(C(=O)O)c1. The molecule has 0 fully saturated rings. The molecule has 0 heterocycles. The summed E-state index contributed by atoms with van der Waals surface area (Å²) in [6, 6.07) is 4.58. The van der Waals surface area contributed by atoms with Crippen LogP contribution < -0.4 is 10.1 Å². The number of hydrogen-bond donors (Lipinski definition) is 2. The predicted octanol–water partition coefficient (Wildman–Crippen LogP) is 3.22. The lowest BCUT2D eigenvalue weighted by atomic mass is 9.97. The lowest BCUT2D eigenvalue weighted by Crippen LogP contribution is -2.15. The molecule has 0 atom stereocenters. The first-order chi connectivity index (χ1) is 10.1. The molecule has 0 unspecified atom stereocenters. The van der Waals surface area contributed by atoms with E-state index >= 15 is 0 Å². The Bertz CT molecular complexity index is 578. The van der Waals surface area contributed by atoms with E-state index in [0.29, 0.717) is 17.9 Å². The molecule has 1 aliphatic rings. The molecule has 0 bridgehead atoms. The quantitative estimate of drug-likeness (QED) is 0.816. The van der Waals surface area contributed by atoms with E-state index in [9.17, 15) is 14.7 Å². The van der Waals surface area contributed by atoms with Crippen LogP contribution in [0.4, 0.5) is 5.69 Å². The van der Waals surface area contributed by atoms with Crippen LogP contribution >= 0.6 is 0 Å². The summed E-state index contributed by atoms with van der Waals surface area (Å²) in [5.41, 5.74) is 1.45. The van der Waals surface area contributed by atoms with Gasteiger partial charge in [0.05, 0.1) is 18.4 Å². The molecular weight excluding hydrogens is 270 g/mol. The van der Waals surface area contributed by atoms with Crippen molar-refractivity contribution < 1.29 is 19.4 Å². The fourth-order valence-electron chi connectivity index (χ4n) is 2.40. The minimum Gasteiger partial charge on any atom is -0.497 e. The Kier molecular flexibility index (Phi) is 4.98. The van der Waals surface area contributed by atoms with E-state index in [0.717, 1.165) is 24.8 Å². The van der Waals surface area contributed by atoms with Crippen LogP contribution in [0.25, 0.3) is 0 Å². The van der Waals surface area contributed by atoms with E-state index in [1.165, 1.54) is 19.6 Å². The van der Waals surface area contributed by atoms with Crippen molar-refractivity contribution in [1.82, 2.24) is 0 Å². The molecule has 2 N–H and O–H groups in total. The maximum atomic E-state index is 12.0. The van der Waals surface area contributed by atoms with Gasteiger partial charge in [-0.25, -0.2) is 4.79 Å². The number of amides is 1. The molecule has 5 heteroatoms. The zero-order valence-corrected chi connectivity index (χ0v) is 12.0. The Morgan fingerprint density at radius 2 is 2.14 bits per heavy atom. The van der Waals surface area contributed by atoms with E-state index < -0.39 is 5.97 Å². The number of allylic oxidation sites excluding steroid dienone is 1. The lowest BCUT2D eigenvalue weighted by molar-refractivity contribution is -0.115. The summed E-state index contributed by atoms with van der Waals surface area (Å²) in [6.45, 7) is 0. The molecule has 1 amide bonds. The molecule has 5 nitrogen and oxygen atoms in total. The second kappa shape index (κ2) is 6.92. The number of methoxy groups -OCH3 is 1. The van der Waals surface area contributed by atoms with E-state index in [-0.39, 0.29) is 11.5 Å². The minimum atomic E-state index is -1.10. The summed E-state index contributed by atoms with van der Waals surface area (Å²) < 4.78 is 5.00. The normalized spacial score (nSPS) is 14.2. The number of benzene rings is 1. The topological polar surface area (TPSA) is 75.6 Å². The summed E-state index contributed by atoms with van der Waals surface area (Å²) >= 11 is 0. The summed E-state index contributed by atoms with van der Waals surface area (Å²) in [5.74, 6) is -0.836. The van der Waals surface area contributed by atoms with Crippen molar-refractivity contribution in [2.24, 2.45) is 0 Å². The van der Waals surface area contributed by atoms with Crippen LogP contribution in [0.5, 0.6) is 5.75 Å². The van der Waals surface area contributed by atoms with Gasteiger partial charge in [0.2, 0.25) is 5.91 Å². The highest BCUT2D eigenvalue weighted by Crippen LogP contribution is 2.24. The van der Waals surface area contributed by atoms with Crippen LogP contribution in [0.2, 0.25) is 0 Å². The minimum absolute atomic E-state index is 0.0281. The molecule has 0 aromatic heterocycles. The molecule has 1 aliphatic carbocycles. The Morgan fingerprint density at radius 1 is 1.33 bits per heavy atom. The van der Waals surface area contributed by atoms with Gasteiger partial charge >= 0.3 is 5.97 Å². The van der Waals surface area contributed by atoms with Gasteiger partial charge in [0, 0.05) is 6.42 Å². The average Bonchev–Trinajstić information content (AvgIpc) is 2.48. The Labute approximate surface area is 123 Å². The van der Waals surface area contributed by atoms with Gasteiger partial charge in [0.15, 0.2) is 0 Å². The molecular formula is C16H19NO4. The highest BCUT2D eigenvalue weighted by molar-refractivity contribution is 6.01. The van der Waals surface area contributed by atoms with Crippen LogP contribution in [0.1, 0.15) is 42.5 Å². The molecule has 0 radical (unpaired) electrons. The highest BCUT2D eigenvalue weighted by Gasteiger charge is 2.15. The molecule has 0 saturated heterocycles. The number of ether oxygens (including phenoxy) is 1. The third-order valence-electron chi connectivity index (χ3n) is 3.50. The van der Waals surface area contributed by atoms with Gasteiger partial charge in [0.1, 0.15) is 5.75 Å². The summed E-state index contributed by atoms with van der Waals surface area (Å²) in [5, 5.41) is 11.9. The number of aromatic carboxylic acids is 1. The zero-order valence-electron chi connectivity index (χ0n) is 12.0. The van der Waals surface area contributed by atoms with Gasteiger partial charge < -0.3 is 15.2 Å². The van der Waals surface area contributed by atoms with Crippen molar-refractivity contribution in [1.29, 1.82) is 0 Å². The maximum Gasteiger partial charge on any atom is 0.337 e. The molecule has 2 rings (SSSR count). The fourth-order valence-corrected chi connectivity index (χ4v) is 2.40. The maximum absolute atomic E-state index is 12.0. The van der Waals surface area contributed by atoms with Gasteiger partial charge in [-0.3, -0.25) is 4.79 Å². The van der Waals surface area contributed by atoms with Crippen LogP contribution in [-0.2, 0) is 4.79 Å². The van der Waals surface area contributed by atoms with E-state index in [2.05, 4.69) is 11.4 Å². The number of anilines is 1. The summed E-state index contributed by atoms with van der Waals surface area (Å²) in [6.07, 6.45) is 6.68. The molecule has 0 saturated carbocycles. The first-order valence-electron chi connectivity index (χ1n) is 6.99. The smallest absolute Gasteiger partial charge is 0.337 e. The van der Waals surface area contributed by atoms with E-state index in [1.807, 2.05) is 0 Å². The second-order valence-corrected chi connectivity index (χ2v) is 5.05. The molecule has 0 spiro atoms. The van der Waals surface area contributed by atoms with Crippen molar-refractivity contribution in [2.75, 3.05) is 12.4 Å². The Morgan fingerprint density at radius 3 is 2.76 bits per heavy atom. The van der Waals surface area contributed by atoms with Gasteiger partial charge in [-0.1, -0.05) is 11.6 Å². The number of carbonyl (C=O) groups is 2. The molecule has 1 aromatic carbocycles. The third-order valence-corrected chi connectivity index (χ3v) is 3.50. The highest BCUT2D eigenvalue weighted by atomic mass is 16.5. The van der Waals surface area contributed by atoms with E-state index in [4.69, 9.17) is 4.74 Å². The first-order valence-corrected chi connectivity index (χ1v) is 6.99. The van der Waals surface area contributed by atoms with Gasteiger partial charge in [0.25, 0.3) is 0 Å². The van der Waals surface area contributed by atoms with Crippen molar-refractivity contribution >= 4 is 17.6 Å². The molecule has 1 aromatic rings. The molecule has 0 aliphatic heterocycles. The van der Waals surface area contributed by atoms with Crippen molar-refractivity contribution in [2.45, 2.75) is 32.1 Å². The molecule has 112 valence electrons. The number of carboxylic acids is 1. The largest absolute Gasteiger partial charge is 0.497 e. The second-order valence-electron chi connectivity index (χ2n) is 5.05. The van der Waals surface area contributed by atoms with Crippen LogP contribution in [0.3, 0.4) is 0 Å². The number of nitrogens with one attached hydrogen (secondary N) is 1. The number of carboxylic acid groups (broad SMARTS) is 1. The monoisotopic (exact) mass is 289 g/mol. The predicted molar refractivity (Wildman–Crippen MR) is 79.8 cm³/mol. The van der Waals surface area contributed by atoms with Crippen molar-refractivity contribution in [3.05, 3.63) is 35.4 Å². The van der Waals surface area contributed by atoms with Crippen LogP contribution in [0.15, 0.2) is 29.8 Å². The molecule has 21 heavy (non-hydrogen) atoms. The zero-order chi connectivity index (χ0) is 15.2.